The van der Waals surface area contributed by atoms with Crippen LogP contribution in [0, 0.1) is 0 Å². The van der Waals surface area contributed by atoms with Gasteiger partial charge in [-0.05, 0) is 45.7 Å². The molecule has 1 heterocycles. The summed E-state index contributed by atoms with van der Waals surface area (Å²) in [6.07, 6.45) is 4.30. The molecule has 0 aromatic rings. The second-order valence-electron chi connectivity index (χ2n) is 4.69. The molecule has 2 N–H and O–H groups in total. The zero-order valence-corrected chi connectivity index (χ0v) is 10.2. The van der Waals surface area contributed by atoms with Gasteiger partial charge in [-0.3, -0.25) is 0 Å². The topological polar surface area (TPSA) is 35.5 Å². The third-order valence-electron chi connectivity index (χ3n) is 3.31. The van der Waals surface area contributed by atoms with E-state index in [1.807, 2.05) is 0 Å². The second kappa shape index (κ2) is 7.20. The SMILES string of the molecule is CC[C@H](C)NCCCN1CCC(O)CC1. The number of nitrogens with one attached hydrogen (secondary N) is 1. The molecule has 1 rings (SSSR count). The van der Waals surface area contributed by atoms with Crippen molar-refractivity contribution in [1.82, 2.24) is 10.2 Å². The summed E-state index contributed by atoms with van der Waals surface area (Å²) in [5.41, 5.74) is 0. The Morgan fingerprint density at radius 3 is 2.67 bits per heavy atom. The van der Waals surface area contributed by atoms with Crippen LogP contribution in [0.25, 0.3) is 0 Å². The number of aliphatic hydroxyl groups is 1. The van der Waals surface area contributed by atoms with E-state index in [1.165, 1.54) is 19.4 Å². The van der Waals surface area contributed by atoms with Crippen molar-refractivity contribution < 1.29 is 5.11 Å². The Balaban J connectivity index is 1.96. The highest BCUT2D eigenvalue weighted by Crippen LogP contribution is 2.09. The molecule has 0 bridgehead atoms. The Labute approximate surface area is 93.9 Å². The van der Waals surface area contributed by atoms with Crippen LogP contribution in [0.2, 0.25) is 0 Å². The molecule has 1 fully saturated rings. The van der Waals surface area contributed by atoms with Gasteiger partial charge in [-0.15, -0.1) is 0 Å². The number of aliphatic hydroxyl groups excluding tert-OH is 1. The molecule has 1 atom stereocenters. The van der Waals surface area contributed by atoms with Gasteiger partial charge >= 0.3 is 0 Å². The highest BCUT2D eigenvalue weighted by atomic mass is 16.3. The number of piperidine rings is 1. The van der Waals surface area contributed by atoms with E-state index in [-0.39, 0.29) is 6.10 Å². The molecule has 0 aromatic carbocycles. The molecule has 0 spiro atoms. The summed E-state index contributed by atoms with van der Waals surface area (Å²) >= 11 is 0. The zero-order chi connectivity index (χ0) is 11.1. The molecule has 1 saturated heterocycles. The molecular weight excluding hydrogens is 188 g/mol. The Hall–Kier alpha value is -0.120. The van der Waals surface area contributed by atoms with E-state index < -0.39 is 0 Å². The van der Waals surface area contributed by atoms with Gasteiger partial charge in [0, 0.05) is 19.1 Å². The van der Waals surface area contributed by atoms with Crippen molar-refractivity contribution in [1.29, 1.82) is 0 Å². The lowest BCUT2D eigenvalue weighted by molar-refractivity contribution is 0.0820. The van der Waals surface area contributed by atoms with Gasteiger partial charge in [-0.2, -0.15) is 0 Å². The standard InChI is InChI=1S/C12H26N2O/c1-3-11(2)13-7-4-8-14-9-5-12(15)6-10-14/h11-13,15H,3-10H2,1-2H3/t11-/m0/s1. The fourth-order valence-electron chi connectivity index (χ4n) is 1.94. The molecule has 0 radical (unpaired) electrons. The first-order valence-corrected chi connectivity index (χ1v) is 6.36. The molecule has 0 aliphatic carbocycles. The average Bonchev–Trinajstić information content (AvgIpc) is 2.26. The van der Waals surface area contributed by atoms with Crippen LogP contribution in [0.4, 0.5) is 0 Å². The lowest BCUT2D eigenvalue weighted by Crippen LogP contribution is -2.37. The third-order valence-corrected chi connectivity index (χ3v) is 3.31. The number of hydrogen-bond donors (Lipinski definition) is 2. The minimum absolute atomic E-state index is 0.0421. The van der Waals surface area contributed by atoms with E-state index >= 15 is 0 Å². The number of rotatable bonds is 6. The molecule has 0 aromatic heterocycles. The molecule has 1 aliphatic heterocycles. The van der Waals surface area contributed by atoms with Gasteiger partial charge in [-0.1, -0.05) is 6.92 Å². The summed E-state index contributed by atoms with van der Waals surface area (Å²) in [6, 6.07) is 0.646. The smallest absolute Gasteiger partial charge is 0.0564 e. The molecule has 1 aliphatic rings. The van der Waals surface area contributed by atoms with Crippen molar-refractivity contribution in [3.05, 3.63) is 0 Å². The summed E-state index contributed by atoms with van der Waals surface area (Å²) in [4.78, 5) is 2.46. The van der Waals surface area contributed by atoms with Crippen LogP contribution in [0.15, 0.2) is 0 Å². The van der Waals surface area contributed by atoms with Crippen molar-refractivity contribution in [2.75, 3.05) is 26.2 Å². The summed E-state index contributed by atoms with van der Waals surface area (Å²) in [7, 11) is 0. The van der Waals surface area contributed by atoms with Gasteiger partial charge < -0.3 is 15.3 Å². The first kappa shape index (κ1) is 12.9. The van der Waals surface area contributed by atoms with Crippen LogP contribution in [0.3, 0.4) is 0 Å². The fourth-order valence-corrected chi connectivity index (χ4v) is 1.94. The molecule has 0 unspecified atom stereocenters. The van der Waals surface area contributed by atoms with Crippen LogP contribution in [0.1, 0.15) is 39.5 Å². The maximum Gasteiger partial charge on any atom is 0.0564 e. The largest absolute Gasteiger partial charge is 0.393 e. The van der Waals surface area contributed by atoms with Gasteiger partial charge in [0.25, 0.3) is 0 Å². The summed E-state index contributed by atoms with van der Waals surface area (Å²) < 4.78 is 0. The predicted octanol–water partition coefficient (Wildman–Crippen LogP) is 1.22. The molecule has 0 saturated carbocycles. The van der Waals surface area contributed by atoms with Crippen LogP contribution in [-0.4, -0.2) is 48.3 Å². The van der Waals surface area contributed by atoms with Crippen LogP contribution < -0.4 is 5.32 Å². The second-order valence-corrected chi connectivity index (χ2v) is 4.69. The van der Waals surface area contributed by atoms with Gasteiger partial charge in [-0.25, -0.2) is 0 Å². The first-order valence-electron chi connectivity index (χ1n) is 6.36. The maximum atomic E-state index is 9.36. The first-order chi connectivity index (χ1) is 7.22. The molecule has 3 heteroatoms. The van der Waals surface area contributed by atoms with Gasteiger partial charge in [0.05, 0.1) is 6.10 Å². The maximum absolute atomic E-state index is 9.36. The van der Waals surface area contributed by atoms with E-state index in [0.717, 1.165) is 32.5 Å². The molecule has 0 amide bonds. The lowest BCUT2D eigenvalue weighted by Gasteiger charge is -2.29. The minimum Gasteiger partial charge on any atom is -0.393 e. The number of hydrogen-bond acceptors (Lipinski definition) is 3. The van der Waals surface area contributed by atoms with E-state index in [1.54, 1.807) is 0 Å². The van der Waals surface area contributed by atoms with Crippen molar-refractivity contribution in [3.63, 3.8) is 0 Å². The number of nitrogens with zero attached hydrogens (tertiary/aromatic N) is 1. The number of likely N-dealkylation sites (tertiary alicyclic amines) is 1. The average molecular weight is 214 g/mol. The summed E-state index contributed by atoms with van der Waals surface area (Å²) in [5.74, 6) is 0. The normalized spacial score (nSPS) is 21.8. The van der Waals surface area contributed by atoms with Crippen LogP contribution in [0.5, 0.6) is 0 Å². The summed E-state index contributed by atoms with van der Waals surface area (Å²) in [6.45, 7) is 8.89. The van der Waals surface area contributed by atoms with E-state index in [4.69, 9.17) is 0 Å². The van der Waals surface area contributed by atoms with Crippen LogP contribution in [-0.2, 0) is 0 Å². The highest BCUT2D eigenvalue weighted by molar-refractivity contribution is 4.71. The third kappa shape index (κ3) is 5.50. The molecule has 15 heavy (non-hydrogen) atoms. The Kier molecular flexibility index (Phi) is 6.22. The highest BCUT2D eigenvalue weighted by Gasteiger charge is 2.15. The summed E-state index contributed by atoms with van der Waals surface area (Å²) in [5, 5.41) is 12.9. The fraction of sp³-hybridized carbons (Fsp3) is 1.00. The molecule has 90 valence electrons. The van der Waals surface area contributed by atoms with Crippen LogP contribution >= 0.6 is 0 Å². The van der Waals surface area contributed by atoms with E-state index in [2.05, 4.69) is 24.1 Å². The van der Waals surface area contributed by atoms with E-state index in [9.17, 15) is 5.11 Å². The van der Waals surface area contributed by atoms with Crippen molar-refractivity contribution in [2.24, 2.45) is 0 Å². The zero-order valence-electron chi connectivity index (χ0n) is 10.2. The van der Waals surface area contributed by atoms with Crippen molar-refractivity contribution >= 4 is 0 Å². The van der Waals surface area contributed by atoms with Crippen molar-refractivity contribution in [2.45, 2.75) is 51.7 Å². The van der Waals surface area contributed by atoms with Gasteiger partial charge in [0.15, 0.2) is 0 Å². The lowest BCUT2D eigenvalue weighted by atomic mass is 10.1. The molecular formula is C12H26N2O. The van der Waals surface area contributed by atoms with E-state index in [0.29, 0.717) is 6.04 Å². The Bertz CT molecular complexity index is 156. The quantitative estimate of drug-likeness (QED) is 0.653. The predicted molar refractivity (Wildman–Crippen MR) is 64.1 cm³/mol. The monoisotopic (exact) mass is 214 g/mol. The Morgan fingerprint density at radius 1 is 1.40 bits per heavy atom. The van der Waals surface area contributed by atoms with Crippen molar-refractivity contribution in [3.8, 4) is 0 Å². The molecule has 3 nitrogen and oxygen atoms in total. The minimum atomic E-state index is -0.0421. The van der Waals surface area contributed by atoms with Gasteiger partial charge in [0.1, 0.15) is 0 Å². The van der Waals surface area contributed by atoms with Gasteiger partial charge in [0.2, 0.25) is 0 Å². The Morgan fingerprint density at radius 2 is 2.07 bits per heavy atom.